The van der Waals surface area contributed by atoms with Gasteiger partial charge in [0.05, 0.1) is 24.4 Å². The number of aliphatic hydroxyl groups is 2. The molecule has 2 aliphatic heterocycles. The fourth-order valence-corrected chi connectivity index (χ4v) is 6.07. The minimum atomic E-state index is -0.433. The van der Waals surface area contributed by atoms with Crippen molar-refractivity contribution < 1.29 is 24.5 Å². The molecule has 5 heteroatoms. The Hall–Kier alpha value is -1.17. The third kappa shape index (κ3) is 15.7. The molecule has 0 radical (unpaired) electrons. The topological polar surface area (TPSA) is 76.0 Å². The Labute approximate surface area is 246 Å². The van der Waals surface area contributed by atoms with Crippen molar-refractivity contribution in [1.82, 2.24) is 0 Å². The number of allylic oxidation sites excluding steroid dienone is 2. The number of carbonyl (C=O) groups is 1. The Morgan fingerprint density at radius 2 is 1.27 bits per heavy atom. The van der Waals surface area contributed by atoms with E-state index in [0.717, 1.165) is 69.8 Å². The molecule has 0 aromatic heterocycles. The van der Waals surface area contributed by atoms with Crippen LogP contribution in [0.5, 0.6) is 0 Å². The van der Waals surface area contributed by atoms with Gasteiger partial charge in [-0.25, -0.2) is 4.79 Å². The van der Waals surface area contributed by atoms with E-state index in [1.807, 2.05) is 13.0 Å². The molecule has 0 aliphatic carbocycles. The quantitative estimate of drug-likeness (QED) is 0.0660. The Balaban J connectivity index is 1.38. The van der Waals surface area contributed by atoms with Gasteiger partial charge in [-0.2, -0.15) is 0 Å². The molecular formula is C35H62O5. The normalized spacial score (nSPS) is 22.6. The lowest BCUT2D eigenvalue weighted by Crippen LogP contribution is -2.30. The SMILES string of the molecule is CCCCCCCCCCC=CCC[C@H](O)[C@H]1CC[C@H]([C@H](O)CCCCCCCCCCC2=CC(C)OC2=O)O1. The summed E-state index contributed by atoms with van der Waals surface area (Å²) in [6, 6.07) is 0. The molecule has 5 nitrogen and oxygen atoms in total. The van der Waals surface area contributed by atoms with Crippen molar-refractivity contribution in [2.75, 3.05) is 0 Å². The monoisotopic (exact) mass is 562 g/mol. The summed E-state index contributed by atoms with van der Waals surface area (Å²) in [5.74, 6) is -0.128. The zero-order chi connectivity index (χ0) is 28.8. The van der Waals surface area contributed by atoms with Crippen molar-refractivity contribution in [3.8, 4) is 0 Å². The van der Waals surface area contributed by atoms with Crippen LogP contribution in [0.2, 0.25) is 0 Å². The van der Waals surface area contributed by atoms with Crippen LogP contribution in [0.25, 0.3) is 0 Å². The highest BCUT2D eigenvalue weighted by atomic mass is 16.5. The second kappa shape index (κ2) is 22.4. The summed E-state index contributed by atoms with van der Waals surface area (Å²) in [4.78, 5) is 11.6. The molecule has 40 heavy (non-hydrogen) atoms. The van der Waals surface area contributed by atoms with Gasteiger partial charge in [-0.1, -0.05) is 109 Å². The van der Waals surface area contributed by atoms with Gasteiger partial charge in [-0.05, 0) is 70.8 Å². The summed E-state index contributed by atoms with van der Waals surface area (Å²) < 4.78 is 11.2. The van der Waals surface area contributed by atoms with E-state index >= 15 is 0 Å². The summed E-state index contributed by atoms with van der Waals surface area (Å²) in [7, 11) is 0. The molecule has 0 saturated carbocycles. The Morgan fingerprint density at radius 1 is 0.750 bits per heavy atom. The van der Waals surface area contributed by atoms with Crippen LogP contribution in [-0.4, -0.2) is 46.7 Å². The lowest BCUT2D eigenvalue weighted by Gasteiger charge is -2.22. The van der Waals surface area contributed by atoms with Crippen LogP contribution in [0.4, 0.5) is 0 Å². The predicted molar refractivity (Wildman–Crippen MR) is 165 cm³/mol. The molecule has 0 bridgehead atoms. The minimum Gasteiger partial charge on any atom is -0.455 e. The zero-order valence-electron chi connectivity index (χ0n) is 26.0. The molecule has 1 unspecified atom stereocenters. The Kier molecular flexibility index (Phi) is 19.6. The molecule has 1 fully saturated rings. The van der Waals surface area contributed by atoms with E-state index in [2.05, 4.69) is 19.1 Å². The molecule has 0 spiro atoms. The first-order chi connectivity index (χ1) is 19.5. The average molecular weight is 563 g/mol. The van der Waals surface area contributed by atoms with E-state index in [1.165, 1.54) is 83.5 Å². The number of esters is 1. The first-order valence-corrected chi connectivity index (χ1v) is 17.1. The van der Waals surface area contributed by atoms with E-state index in [4.69, 9.17) is 9.47 Å². The highest BCUT2D eigenvalue weighted by Crippen LogP contribution is 2.28. The second-order valence-electron chi connectivity index (χ2n) is 12.4. The van der Waals surface area contributed by atoms with Gasteiger partial charge in [-0.3, -0.25) is 0 Å². The highest BCUT2D eigenvalue weighted by molar-refractivity contribution is 5.90. The third-order valence-electron chi connectivity index (χ3n) is 8.65. The number of aliphatic hydroxyl groups excluding tert-OH is 2. The molecule has 2 aliphatic rings. The number of hydrogen-bond donors (Lipinski definition) is 2. The van der Waals surface area contributed by atoms with E-state index in [-0.39, 0.29) is 24.3 Å². The number of unbranched alkanes of at least 4 members (excludes halogenated alkanes) is 15. The van der Waals surface area contributed by atoms with E-state index in [0.29, 0.717) is 0 Å². The van der Waals surface area contributed by atoms with Crippen molar-refractivity contribution in [3.05, 3.63) is 23.8 Å². The number of cyclic esters (lactones) is 1. The van der Waals surface area contributed by atoms with Crippen molar-refractivity contribution in [2.45, 2.75) is 192 Å². The van der Waals surface area contributed by atoms with Gasteiger partial charge in [0, 0.05) is 5.57 Å². The molecule has 0 aromatic rings. The molecule has 5 atom stereocenters. The summed E-state index contributed by atoms with van der Waals surface area (Å²) in [5.41, 5.74) is 0.856. The van der Waals surface area contributed by atoms with Crippen molar-refractivity contribution in [1.29, 1.82) is 0 Å². The van der Waals surface area contributed by atoms with E-state index in [9.17, 15) is 15.0 Å². The highest BCUT2D eigenvalue weighted by Gasteiger charge is 2.33. The molecule has 2 rings (SSSR count). The molecule has 1 saturated heterocycles. The van der Waals surface area contributed by atoms with Crippen LogP contribution in [-0.2, 0) is 14.3 Å². The van der Waals surface area contributed by atoms with Crippen LogP contribution in [0, 0.1) is 0 Å². The summed E-state index contributed by atoms with van der Waals surface area (Å²) in [6.07, 6.45) is 31.6. The number of ether oxygens (including phenoxy) is 2. The number of carbonyl (C=O) groups excluding carboxylic acids is 1. The van der Waals surface area contributed by atoms with Gasteiger partial charge < -0.3 is 19.7 Å². The van der Waals surface area contributed by atoms with Crippen molar-refractivity contribution in [2.24, 2.45) is 0 Å². The van der Waals surface area contributed by atoms with Gasteiger partial charge in [0.15, 0.2) is 0 Å². The van der Waals surface area contributed by atoms with Gasteiger partial charge in [0.25, 0.3) is 0 Å². The maximum absolute atomic E-state index is 11.6. The average Bonchev–Trinajstić information content (AvgIpc) is 3.56. The first-order valence-electron chi connectivity index (χ1n) is 17.1. The molecule has 0 aromatic carbocycles. The summed E-state index contributed by atoms with van der Waals surface area (Å²) >= 11 is 0. The zero-order valence-corrected chi connectivity index (χ0v) is 26.0. The third-order valence-corrected chi connectivity index (χ3v) is 8.65. The fourth-order valence-electron chi connectivity index (χ4n) is 6.07. The summed E-state index contributed by atoms with van der Waals surface area (Å²) in [6.45, 7) is 4.17. The van der Waals surface area contributed by atoms with Crippen LogP contribution in [0.15, 0.2) is 23.8 Å². The van der Waals surface area contributed by atoms with Crippen molar-refractivity contribution >= 4 is 5.97 Å². The van der Waals surface area contributed by atoms with Crippen LogP contribution < -0.4 is 0 Å². The first kappa shape index (κ1) is 35.0. The molecule has 2 heterocycles. The molecular weight excluding hydrogens is 500 g/mol. The van der Waals surface area contributed by atoms with E-state index < -0.39 is 12.2 Å². The minimum absolute atomic E-state index is 0.0548. The van der Waals surface area contributed by atoms with Gasteiger partial charge >= 0.3 is 5.97 Å². The van der Waals surface area contributed by atoms with Gasteiger partial charge in [0.1, 0.15) is 6.10 Å². The molecule has 232 valence electrons. The maximum atomic E-state index is 11.6. The predicted octanol–water partition coefficient (Wildman–Crippen LogP) is 8.90. The van der Waals surface area contributed by atoms with Crippen LogP contribution in [0.1, 0.15) is 162 Å². The number of rotatable bonds is 25. The Bertz CT molecular complexity index is 702. The lowest BCUT2D eigenvalue weighted by atomic mass is 10.0. The number of hydrogen-bond acceptors (Lipinski definition) is 5. The van der Waals surface area contributed by atoms with Crippen molar-refractivity contribution in [3.63, 3.8) is 0 Å². The van der Waals surface area contributed by atoms with Crippen LogP contribution in [0.3, 0.4) is 0 Å². The molecule has 0 amide bonds. The fraction of sp³-hybridized carbons (Fsp3) is 0.857. The smallest absolute Gasteiger partial charge is 0.334 e. The second-order valence-corrected chi connectivity index (χ2v) is 12.4. The standard InChI is InChI=1S/C35H62O5/c1-3-4-5-6-7-8-9-10-11-15-18-21-24-31(36)33-26-27-34(40-33)32(37)25-22-19-16-13-12-14-17-20-23-30-28-29(2)39-35(30)38/h15,18,28-29,31-34,36-37H,3-14,16-17,19-27H2,1-2H3/t29?,31-,32+,33+,34+/m0/s1. The van der Waals surface area contributed by atoms with E-state index in [1.54, 1.807) is 0 Å². The lowest BCUT2D eigenvalue weighted by molar-refractivity contribution is -0.139. The largest absolute Gasteiger partial charge is 0.455 e. The van der Waals surface area contributed by atoms with Crippen LogP contribution >= 0.6 is 0 Å². The molecule has 2 N–H and O–H groups in total. The maximum Gasteiger partial charge on any atom is 0.334 e. The summed E-state index contributed by atoms with van der Waals surface area (Å²) in [5, 5.41) is 21.2. The van der Waals surface area contributed by atoms with Gasteiger partial charge in [-0.15, -0.1) is 0 Å². The van der Waals surface area contributed by atoms with Gasteiger partial charge in [0.2, 0.25) is 0 Å². The Morgan fingerprint density at radius 3 is 1.88 bits per heavy atom.